The van der Waals surface area contributed by atoms with Crippen molar-refractivity contribution in [2.75, 3.05) is 11.1 Å². The highest BCUT2D eigenvalue weighted by atomic mass is 35.5. The lowest BCUT2D eigenvalue weighted by molar-refractivity contribution is -0.137. The maximum Gasteiger partial charge on any atom is 0.417 e. The number of nitrogens with zero attached hydrogens (tertiary/aromatic N) is 1. The molecule has 1 amide bonds. The number of carbonyl (C=O) groups is 1. The quantitative estimate of drug-likeness (QED) is 0.365. The second kappa shape index (κ2) is 8.39. The molecule has 0 aliphatic carbocycles. The molecular formula is C23H15ClF3N3O2. The van der Waals surface area contributed by atoms with Gasteiger partial charge in [0.2, 0.25) is 0 Å². The van der Waals surface area contributed by atoms with E-state index in [0.29, 0.717) is 22.7 Å². The van der Waals surface area contributed by atoms with Crippen molar-refractivity contribution in [1.82, 2.24) is 4.98 Å². The molecule has 162 valence electrons. The van der Waals surface area contributed by atoms with Gasteiger partial charge in [0.05, 0.1) is 10.6 Å². The van der Waals surface area contributed by atoms with Gasteiger partial charge in [-0.25, -0.2) is 4.98 Å². The lowest BCUT2D eigenvalue weighted by Crippen LogP contribution is -2.13. The fourth-order valence-electron chi connectivity index (χ4n) is 3.08. The molecule has 0 bridgehead atoms. The van der Waals surface area contributed by atoms with Gasteiger partial charge in [-0.3, -0.25) is 4.79 Å². The minimum atomic E-state index is -4.63. The zero-order valence-corrected chi connectivity index (χ0v) is 17.0. The Morgan fingerprint density at radius 3 is 2.44 bits per heavy atom. The maximum atomic E-state index is 13.1. The summed E-state index contributed by atoms with van der Waals surface area (Å²) in [5, 5.41) is 3.60. The van der Waals surface area contributed by atoms with Gasteiger partial charge >= 0.3 is 6.18 Å². The molecule has 32 heavy (non-hydrogen) atoms. The summed E-state index contributed by atoms with van der Waals surface area (Å²) in [5.41, 5.74) is 4.89. The number of nitrogens with one attached hydrogen (secondary N) is 1. The van der Waals surface area contributed by atoms with Crippen LogP contribution < -0.4 is 15.8 Å². The number of hydrogen-bond acceptors (Lipinski definition) is 4. The van der Waals surface area contributed by atoms with Crippen molar-refractivity contribution in [3.63, 3.8) is 0 Å². The Labute approximate surface area is 185 Å². The van der Waals surface area contributed by atoms with E-state index in [0.717, 1.165) is 17.5 Å². The topological polar surface area (TPSA) is 77.2 Å². The van der Waals surface area contributed by atoms with Crippen LogP contribution in [0.2, 0.25) is 5.02 Å². The Balaban J connectivity index is 1.58. The van der Waals surface area contributed by atoms with E-state index in [4.69, 9.17) is 22.1 Å². The summed E-state index contributed by atoms with van der Waals surface area (Å²) in [7, 11) is 0. The molecule has 0 unspecified atom stereocenters. The molecule has 9 heteroatoms. The summed E-state index contributed by atoms with van der Waals surface area (Å²) in [6, 6.07) is 16.7. The first-order valence-electron chi connectivity index (χ1n) is 9.30. The number of fused-ring (bicyclic) bond motifs is 1. The number of hydrogen-bond donors (Lipinski definition) is 2. The third kappa shape index (κ3) is 4.76. The predicted molar refractivity (Wildman–Crippen MR) is 117 cm³/mol. The summed E-state index contributed by atoms with van der Waals surface area (Å²) >= 11 is 5.63. The van der Waals surface area contributed by atoms with E-state index < -0.39 is 22.7 Å². The van der Waals surface area contributed by atoms with E-state index in [-0.39, 0.29) is 11.3 Å². The monoisotopic (exact) mass is 457 g/mol. The number of rotatable bonds is 4. The number of alkyl halides is 3. The van der Waals surface area contributed by atoms with Gasteiger partial charge in [0.25, 0.3) is 5.91 Å². The van der Waals surface area contributed by atoms with Crippen LogP contribution in [0.4, 0.5) is 24.7 Å². The van der Waals surface area contributed by atoms with Gasteiger partial charge in [0.15, 0.2) is 0 Å². The second-order valence-electron chi connectivity index (χ2n) is 6.89. The summed E-state index contributed by atoms with van der Waals surface area (Å²) in [6.07, 6.45) is -3.11. The van der Waals surface area contributed by atoms with Gasteiger partial charge in [0.1, 0.15) is 17.3 Å². The fourth-order valence-corrected chi connectivity index (χ4v) is 3.31. The SMILES string of the molecule is Nc1cc(Oc2ccc3ccc(C(=O)Nc4ccc(Cl)c(C(F)(F)F)c4)cc3c2)ccn1. The van der Waals surface area contributed by atoms with E-state index in [1.54, 1.807) is 42.5 Å². The molecule has 5 nitrogen and oxygen atoms in total. The number of aromatic nitrogens is 1. The highest BCUT2D eigenvalue weighted by Crippen LogP contribution is 2.36. The standard InChI is InChI=1S/C23H15ClF3N3O2/c24-20-6-4-16(11-19(20)23(25,26)27)30-22(31)14-2-1-13-3-5-17(10-15(13)9-14)32-18-7-8-29-21(28)12-18/h1-12H,(H2,28,29)(H,30,31). The van der Waals surface area contributed by atoms with Crippen LogP contribution in [0, 0.1) is 0 Å². The van der Waals surface area contributed by atoms with Gasteiger partial charge in [-0.15, -0.1) is 0 Å². The molecule has 4 aromatic rings. The summed E-state index contributed by atoms with van der Waals surface area (Å²) < 4.78 is 45.0. The smallest absolute Gasteiger partial charge is 0.417 e. The van der Waals surface area contributed by atoms with Crippen LogP contribution in [0.1, 0.15) is 15.9 Å². The number of amides is 1. The van der Waals surface area contributed by atoms with Crippen LogP contribution >= 0.6 is 11.6 Å². The van der Waals surface area contributed by atoms with Crippen LogP contribution in [0.25, 0.3) is 10.8 Å². The molecule has 0 fully saturated rings. The Morgan fingerprint density at radius 2 is 1.69 bits per heavy atom. The van der Waals surface area contributed by atoms with Crippen LogP contribution in [0.15, 0.2) is 72.9 Å². The molecular weight excluding hydrogens is 443 g/mol. The highest BCUT2D eigenvalue weighted by Gasteiger charge is 2.33. The summed E-state index contributed by atoms with van der Waals surface area (Å²) in [4.78, 5) is 16.5. The Kier molecular flexibility index (Phi) is 5.63. The molecule has 1 heterocycles. The van der Waals surface area contributed by atoms with Gasteiger partial charge in [0, 0.05) is 23.5 Å². The van der Waals surface area contributed by atoms with Crippen molar-refractivity contribution in [2.24, 2.45) is 0 Å². The molecule has 0 atom stereocenters. The lowest BCUT2D eigenvalue weighted by Gasteiger charge is -2.12. The Morgan fingerprint density at radius 1 is 0.938 bits per heavy atom. The van der Waals surface area contributed by atoms with Gasteiger partial charge in [-0.1, -0.05) is 23.7 Å². The molecule has 0 radical (unpaired) electrons. The number of pyridine rings is 1. The molecule has 0 saturated heterocycles. The maximum absolute atomic E-state index is 13.1. The van der Waals surface area contributed by atoms with E-state index in [2.05, 4.69) is 10.3 Å². The van der Waals surface area contributed by atoms with E-state index in [9.17, 15) is 18.0 Å². The number of halogens is 4. The van der Waals surface area contributed by atoms with E-state index in [1.165, 1.54) is 12.3 Å². The molecule has 4 rings (SSSR count). The molecule has 0 aliphatic rings. The fraction of sp³-hybridized carbons (Fsp3) is 0.0435. The minimum Gasteiger partial charge on any atom is -0.457 e. The Hall–Kier alpha value is -3.78. The van der Waals surface area contributed by atoms with Crippen molar-refractivity contribution < 1.29 is 22.7 Å². The number of nitrogen functional groups attached to an aromatic ring is 1. The predicted octanol–water partition coefficient (Wildman–Crippen LogP) is 6.53. The summed E-state index contributed by atoms with van der Waals surface area (Å²) in [5.74, 6) is 0.788. The average Bonchev–Trinajstić information content (AvgIpc) is 2.74. The first-order chi connectivity index (χ1) is 15.2. The van der Waals surface area contributed by atoms with Crippen molar-refractivity contribution in [2.45, 2.75) is 6.18 Å². The lowest BCUT2D eigenvalue weighted by atomic mass is 10.1. The van der Waals surface area contributed by atoms with Crippen LogP contribution in [0.5, 0.6) is 11.5 Å². The number of nitrogens with two attached hydrogens (primary N) is 1. The largest absolute Gasteiger partial charge is 0.457 e. The first kappa shape index (κ1) is 21.5. The molecule has 1 aromatic heterocycles. The van der Waals surface area contributed by atoms with E-state index in [1.807, 2.05) is 6.07 Å². The normalized spacial score (nSPS) is 11.4. The zero-order valence-electron chi connectivity index (χ0n) is 16.3. The summed E-state index contributed by atoms with van der Waals surface area (Å²) in [6.45, 7) is 0. The third-order valence-corrected chi connectivity index (χ3v) is 4.92. The van der Waals surface area contributed by atoms with Crippen molar-refractivity contribution in [3.8, 4) is 11.5 Å². The number of benzene rings is 3. The number of ether oxygens (including phenoxy) is 1. The van der Waals surface area contributed by atoms with Crippen LogP contribution in [0.3, 0.4) is 0 Å². The van der Waals surface area contributed by atoms with Crippen molar-refractivity contribution >= 4 is 39.8 Å². The molecule has 3 aromatic carbocycles. The van der Waals surface area contributed by atoms with Crippen molar-refractivity contribution in [3.05, 3.63) is 89.1 Å². The van der Waals surface area contributed by atoms with Gasteiger partial charge in [-0.05, 0) is 59.3 Å². The van der Waals surface area contributed by atoms with E-state index >= 15 is 0 Å². The Bertz CT molecular complexity index is 1330. The molecule has 0 saturated carbocycles. The second-order valence-corrected chi connectivity index (χ2v) is 7.30. The first-order valence-corrected chi connectivity index (χ1v) is 9.68. The zero-order chi connectivity index (χ0) is 22.9. The third-order valence-electron chi connectivity index (χ3n) is 4.59. The highest BCUT2D eigenvalue weighted by molar-refractivity contribution is 6.31. The minimum absolute atomic E-state index is 0.0146. The molecule has 0 spiro atoms. The van der Waals surface area contributed by atoms with Crippen LogP contribution in [-0.4, -0.2) is 10.9 Å². The van der Waals surface area contributed by atoms with Crippen molar-refractivity contribution in [1.29, 1.82) is 0 Å². The van der Waals surface area contributed by atoms with Crippen LogP contribution in [-0.2, 0) is 6.18 Å². The molecule has 0 aliphatic heterocycles. The average molecular weight is 458 g/mol. The van der Waals surface area contributed by atoms with Gasteiger partial charge < -0.3 is 15.8 Å². The number of carbonyl (C=O) groups excluding carboxylic acids is 1. The molecule has 3 N–H and O–H groups in total. The number of anilines is 2. The van der Waals surface area contributed by atoms with Gasteiger partial charge in [-0.2, -0.15) is 13.2 Å².